The second-order valence-corrected chi connectivity index (χ2v) is 5.83. The van der Waals surface area contributed by atoms with Gasteiger partial charge in [0, 0.05) is 10.9 Å². The maximum atomic E-state index is 12.2. The maximum Gasteiger partial charge on any atom is 0.325 e. The molecular weight excluding hydrogens is 298 g/mol. The molecule has 0 radical (unpaired) electrons. The molecule has 0 heterocycles. The topological polar surface area (TPSA) is 46.6 Å². The van der Waals surface area contributed by atoms with Gasteiger partial charge in [-0.3, -0.25) is 9.59 Å². The molecule has 0 fully saturated rings. The largest absolute Gasteiger partial charge is 0.468 e. The van der Waals surface area contributed by atoms with Crippen LogP contribution in [0.15, 0.2) is 29.2 Å². The molecule has 0 saturated heterocycles. The molecule has 1 aromatic rings. The Labute approximate surface area is 128 Å². The van der Waals surface area contributed by atoms with Gasteiger partial charge in [-0.25, -0.2) is 0 Å². The van der Waals surface area contributed by atoms with E-state index < -0.39 is 5.97 Å². The standard InChI is InChI=1S/C14H18ClNO3S/c1-10(2)16(8-14(18)19-3)13(17)9-20-12-7-5-4-6-11(12)15/h4-7,10H,8-9H2,1-3H3. The van der Waals surface area contributed by atoms with Gasteiger partial charge >= 0.3 is 5.97 Å². The van der Waals surface area contributed by atoms with Gasteiger partial charge in [-0.1, -0.05) is 23.7 Å². The number of halogens is 1. The van der Waals surface area contributed by atoms with Gasteiger partial charge in [0.15, 0.2) is 0 Å². The van der Waals surface area contributed by atoms with Gasteiger partial charge in [0.1, 0.15) is 6.54 Å². The number of nitrogens with zero attached hydrogens (tertiary/aromatic N) is 1. The Morgan fingerprint density at radius 3 is 2.55 bits per heavy atom. The van der Waals surface area contributed by atoms with Crippen molar-refractivity contribution in [1.29, 1.82) is 0 Å². The molecule has 6 heteroatoms. The Morgan fingerprint density at radius 2 is 2.00 bits per heavy atom. The lowest BCUT2D eigenvalue weighted by atomic mass is 10.3. The van der Waals surface area contributed by atoms with E-state index in [1.165, 1.54) is 23.8 Å². The molecule has 0 spiro atoms. The smallest absolute Gasteiger partial charge is 0.325 e. The van der Waals surface area contributed by atoms with Crippen LogP contribution < -0.4 is 0 Å². The third kappa shape index (κ3) is 5.06. The molecule has 0 saturated carbocycles. The van der Waals surface area contributed by atoms with Crippen molar-refractivity contribution in [3.8, 4) is 0 Å². The molecule has 0 unspecified atom stereocenters. The fourth-order valence-corrected chi connectivity index (χ4v) is 2.67. The minimum Gasteiger partial charge on any atom is -0.468 e. The number of rotatable bonds is 6. The highest BCUT2D eigenvalue weighted by Gasteiger charge is 2.20. The molecule has 0 atom stereocenters. The second kappa shape index (κ2) is 8.17. The molecule has 0 aliphatic rings. The normalized spacial score (nSPS) is 10.4. The Kier molecular flexibility index (Phi) is 6.88. The minimum absolute atomic E-state index is 0.0317. The Bertz CT molecular complexity index is 479. The number of hydrogen-bond donors (Lipinski definition) is 0. The van der Waals surface area contributed by atoms with E-state index in [2.05, 4.69) is 4.74 Å². The van der Waals surface area contributed by atoms with E-state index in [1.54, 1.807) is 6.07 Å². The number of thioether (sulfide) groups is 1. The summed E-state index contributed by atoms with van der Waals surface area (Å²) in [6.45, 7) is 3.69. The summed E-state index contributed by atoms with van der Waals surface area (Å²) >= 11 is 7.40. The highest BCUT2D eigenvalue weighted by Crippen LogP contribution is 2.26. The van der Waals surface area contributed by atoms with E-state index in [1.807, 2.05) is 32.0 Å². The third-order valence-electron chi connectivity index (χ3n) is 2.66. The zero-order valence-electron chi connectivity index (χ0n) is 11.8. The van der Waals surface area contributed by atoms with Gasteiger partial charge in [0.05, 0.1) is 17.9 Å². The summed E-state index contributed by atoms with van der Waals surface area (Å²) < 4.78 is 4.60. The summed E-state index contributed by atoms with van der Waals surface area (Å²) in [6, 6.07) is 7.29. The Hall–Kier alpha value is -1.20. The second-order valence-electron chi connectivity index (χ2n) is 4.41. The van der Waals surface area contributed by atoms with Crippen LogP contribution in [0.3, 0.4) is 0 Å². The van der Waals surface area contributed by atoms with Crippen LogP contribution in [0.2, 0.25) is 5.02 Å². The molecule has 4 nitrogen and oxygen atoms in total. The number of benzene rings is 1. The van der Waals surface area contributed by atoms with Crippen LogP contribution in [0.5, 0.6) is 0 Å². The summed E-state index contributed by atoms with van der Waals surface area (Å²) in [6.07, 6.45) is 0. The van der Waals surface area contributed by atoms with Crippen molar-refractivity contribution in [2.45, 2.75) is 24.8 Å². The van der Waals surface area contributed by atoms with Crippen LogP contribution >= 0.6 is 23.4 Å². The van der Waals surface area contributed by atoms with Crippen LogP contribution in [0.4, 0.5) is 0 Å². The first-order valence-corrected chi connectivity index (χ1v) is 7.55. The molecule has 0 N–H and O–H groups in total. The third-order valence-corrected chi connectivity index (χ3v) is 4.16. The van der Waals surface area contributed by atoms with E-state index in [9.17, 15) is 9.59 Å². The first kappa shape index (κ1) is 16.9. The number of methoxy groups -OCH3 is 1. The van der Waals surface area contributed by atoms with Crippen molar-refractivity contribution in [3.63, 3.8) is 0 Å². The van der Waals surface area contributed by atoms with Crippen molar-refractivity contribution >= 4 is 35.2 Å². The van der Waals surface area contributed by atoms with E-state index in [-0.39, 0.29) is 24.2 Å². The highest BCUT2D eigenvalue weighted by atomic mass is 35.5. The van der Waals surface area contributed by atoms with Gasteiger partial charge in [0.2, 0.25) is 5.91 Å². The summed E-state index contributed by atoms with van der Waals surface area (Å²) in [4.78, 5) is 25.8. The molecular formula is C14H18ClNO3S. The lowest BCUT2D eigenvalue weighted by molar-refractivity contribution is -0.147. The fraction of sp³-hybridized carbons (Fsp3) is 0.429. The molecule has 0 aliphatic carbocycles. The molecule has 1 rings (SSSR count). The number of carbonyl (C=O) groups is 2. The molecule has 0 aliphatic heterocycles. The van der Waals surface area contributed by atoms with Gasteiger partial charge in [-0.15, -0.1) is 11.8 Å². The van der Waals surface area contributed by atoms with E-state index >= 15 is 0 Å². The van der Waals surface area contributed by atoms with E-state index in [4.69, 9.17) is 11.6 Å². The molecule has 1 aromatic carbocycles. The summed E-state index contributed by atoms with van der Waals surface area (Å²) in [5, 5.41) is 0.620. The zero-order valence-corrected chi connectivity index (χ0v) is 13.3. The van der Waals surface area contributed by atoms with Crippen LogP contribution in [-0.4, -0.2) is 42.2 Å². The molecule has 110 valence electrons. The number of carbonyl (C=O) groups excluding carboxylic acids is 2. The van der Waals surface area contributed by atoms with Crippen LogP contribution in [0.25, 0.3) is 0 Å². The number of esters is 1. The Balaban J connectivity index is 2.63. The maximum absolute atomic E-state index is 12.2. The zero-order chi connectivity index (χ0) is 15.1. The fourth-order valence-electron chi connectivity index (χ4n) is 1.55. The van der Waals surface area contributed by atoms with Gasteiger partial charge in [0.25, 0.3) is 0 Å². The van der Waals surface area contributed by atoms with Crippen molar-refractivity contribution < 1.29 is 14.3 Å². The summed E-state index contributed by atoms with van der Waals surface area (Å²) in [5.74, 6) is -0.302. The van der Waals surface area contributed by atoms with Crippen LogP contribution in [-0.2, 0) is 14.3 Å². The molecule has 1 amide bonds. The average Bonchev–Trinajstić information content (AvgIpc) is 2.42. The quantitative estimate of drug-likeness (QED) is 0.598. The van der Waals surface area contributed by atoms with Crippen molar-refractivity contribution in [2.75, 3.05) is 19.4 Å². The lowest BCUT2D eigenvalue weighted by Gasteiger charge is -2.25. The van der Waals surface area contributed by atoms with Crippen LogP contribution in [0, 0.1) is 0 Å². The first-order valence-electron chi connectivity index (χ1n) is 6.19. The van der Waals surface area contributed by atoms with Gasteiger partial charge in [-0.05, 0) is 26.0 Å². The predicted molar refractivity (Wildman–Crippen MR) is 81.0 cm³/mol. The van der Waals surface area contributed by atoms with Crippen molar-refractivity contribution in [2.24, 2.45) is 0 Å². The first-order chi connectivity index (χ1) is 9.45. The average molecular weight is 316 g/mol. The summed E-state index contributed by atoms with van der Waals surface area (Å²) in [5.41, 5.74) is 0. The van der Waals surface area contributed by atoms with Crippen LogP contribution in [0.1, 0.15) is 13.8 Å². The number of ether oxygens (including phenoxy) is 1. The lowest BCUT2D eigenvalue weighted by Crippen LogP contribution is -2.42. The SMILES string of the molecule is COC(=O)CN(C(=O)CSc1ccccc1Cl)C(C)C. The molecule has 0 aromatic heterocycles. The minimum atomic E-state index is -0.421. The highest BCUT2D eigenvalue weighted by molar-refractivity contribution is 8.00. The summed E-state index contributed by atoms with van der Waals surface area (Å²) in [7, 11) is 1.31. The van der Waals surface area contributed by atoms with Crippen molar-refractivity contribution in [1.82, 2.24) is 4.90 Å². The van der Waals surface area contributed by atoms with E-state index in [0.717, 1.165) is 4.90 Å². The van der Waals surface area contributed by atoms with Gasteiger partial charge < -0.3 is 9.64 Å². The Morgan fingerprint density at radius 1 is 1.35 bits per heavy atom. The number of hydrogen-bond acceptors (Lipinski definition) is 4. The van der Waals surface area contributed by atoms with E-state index in [0.29, 0.717) is 5.02 Å². The monoisotopic (exact) mass is 315 g/mol. The molecule has 20 heavy (non-hydrogen) atoms. The van der Waals surface area contributed by atoms with Gasteiger partial charge in [-0.2, -0.15) is 0 Å². The number of amides is 1. The molecule has 0 bridgehead atoms. The van der Waals surface area contributed by atoms with Crippen molar-refractivity contribution in [3.05, 3.63) is 29.3 Å². The predicted octanol–water partition coefficient (Wildman–Crippen LogP) is 2.84.